The first kappa shape index (κ1) is 16.5. The number of nitrogens with zero attached hydrogens (tertiary/aromatic N) is 1. The molecule has 2 saturated carbocycles. The molecule has 134 valence electrons. The lowest BCUT2D eigenvalue weighted by atomic mass is 9.96. The predicted octanol–water partition coefficient (Wildman–Crippen LogP) is 2.59. The number of hydrogen-bond acceptors (Lipinski definition) is 2. The van der Waals surface area contributed by atoms with Crippen molar-refractivity contribution >= 4 is 11.8 Å². The van der Waals surface area contributed by atoms with Gasteiger partial charge in [-0.3, -0.25) is 9.59 Å². The van der Waals surface area contributed by atoms with Gasteiger partial charge in [0.2, 0.25) is 11.8 Å². The van der Waals surface area contributed by atoms with E-state index in [-0.39, 0.29) is 35.6 Å². The number of amides is 2. The highest BCUT2D eigenvalue weighted by molar-refractivity contribution is 5.83. The predicted molar refractivity (Wildman–Crippen MR) is 87.7 cm³/mol. The topological polar surface area (TPSA) is 49.4 Å². The molecule has 4 rings (SSSR count). The van der Waals surface area contributed by atoms with Gasteiger partial charge in [0, 0.05) is 31.0 Å². The van der Waals surface area contributed by atoms with E-state index in [1.165, 1.54) is 6.07 Å². The summed E-state index contributed by atoms with van der Waals surface area (Å²) in [4.78, 5) is 26.5. The van der Waals surface area contributed by atoms with E-state index in [0.29, 0.717) is 18.5 Å². The minimum Gasteiger partial charge on any atom is -0.352 e. The molecule has 1 aliphatic heterocycles. The second-order valence-electron chi connectivity index (χ2n) is 7.50. The molecular weight excluding hydrogens is 326 g/mol. The van der Waals surface area contributed by atoms with E-state index in [9.17, 15) is 18.4 Å². The summed E-state index contributed by atoms with van der Waals surface area (Å²) in [6.07, 6.45) is 4.17. The lowest BCUT2D eigenvalue weighted by Gasteiger charge is -2.32. The van der Waals surface area contributed by atoms with Crippen molar-refractivity contribution in [2.75, 3.05) is 13.1 Å². The quantitative estimate of drug-likeness (QED) is 0.909. The van der Waals surface area contributed by atoms with E-state index in [1.807, 2.05) is 4.90 Å². The van der Waals surface area contributed by atoms with Crippen LogP contribution in [-0.4, -0.2) is 35.8 Å². The van der Waals surface area contributed by atoms with Crippen molar-refractivity contribution in [3.63, 3.8) is 0 Å². The Morgan fingerprint density at radius 3 is 2.68 bits per heavy atom. The Balaban J connectivity index is 1.33. The lowest BCUT2D eigenvalue weighted by Crippen LogP contribution is -2.46. The zero-order valence-corrected chi connectivity index (χ0v) is 14.0. The van der Waals surface area contributed by atoms with Gasteiger partial charge in [0.1, 0.15) is 0 Å². The molecule has 1 aromatic rings. The number of rotatable bonds is 4. The summed E-state index contributed by atoms with van der Waals surface area (Å²) in [5.41, 5.74) is 0.333. The molecule has 3 unspecified atom stereocenters. The molecule has 3 aliphatic rings. The summed E-state index contributed by atoms with van der Waals surface area (Å²) < 4.78 is 27.2. The SMILES string of the molecule is O=C(NC1CC1c1cccc(F)c1F)C1CCCN(C(=O)C2CC2)C1. The Morgan fingerprint density at radius 1 is 1.12 bits per heavy atom. The van der Waals surface area contributed by atoms with Gasteiger partial charge < -0.3 is 10.2 Å². The normalized spacial score (nSPS) is 28.6. The minimum atomic E-state index is -0.851. The van der Waals surface area contributed by atoms with E-state index in [0.717, 1.165) is 38.3 Å². The Hall–Kier alpha value is -1.98. The van der Waals surface area contributed by atoms with Gasteiger partial charge in [0.15, 0.2) is 11.6 Å². The summed E-state index contributed by atoms with van der Waals surface area (Å²) in [5.74, 6) is -1.74. The van der Waals surface area contributed by atoms with Crippen LogP contribution >= 0.6 is 0 Å². The van der Waals surface area contributed by atoms with Gasteiger partial charge in [-0.1, -0.05) is 12.1 Å². The maximum Gasteiger partial charge on any atom is 0.225 e. The van der Waals surface area contributed by atoms with Gasteiger partial charge >= 0.3 is 0 Å². The third kappa shape index (κ3) is 3.39. The standard InChI is InChI=1S/C19H22F2N2O2/c20-15-5-1-4-13(17(15)21)14-9-16(14)22-18(24)12-3-2-8-23(10-12)19(25)11-6-7-11/h1,4-5,11-12,14,16H,2-3,6-10H2,(H,22,24). The number of hydrogen-bond donors (Lipinski definition) is 1. The molecule has 1 heterocycles. The number of benzene rings is 1. The number of carbonyl (C=O) groups excluding carboxylic acids is 2. The van der Waals surface area contributed by atoms with Crippen LogP contribution in [0.5, 0.6) is 0 Å². The molecule has 0 spiro atoms. The number of nitrogens with one attached hydrogen (secondary N) is 1. The zero-order chi connectivity index (χ0) is 17.6. The number of likely N-dealkylation sites (tertiary alicyclic amines) is 1. The van der Waals surface area contributed by atoms with E-state index in [4.69, 9.17) is 0 Å². The molecular formula is C19H22F2N2O2. The molecule has 4 nitrogen and oxygen atoms in total. The highest BCUT2D eigenvalue weighted by Crippen LogP contribution is 2.42. The molecule has 2 amide bonds. The number of carbonyl (C=O) groups is 2. The second-order valence-corrected chi connectivity index (χ2v) is 7.50. The average Bonchev–Trinajstić information content (AvgIpc) is 3.52. The van der Waals surface area contributed by atoms with Gasteiger partial charge in [-0.05, 0) is 43.7 Å². The van der Waals surface area contributed by atoms with Crippen LogP contribution in [0.3, 0.4) is 0 Å². The average molecular weight is 348 g/mol. The Kier molecular flexibility index (Phi) is 4.21. The molecule has 6 heteroatoms. The Morgan fingerprint density at radius 2 is 1.92 bits per heavy atom. The fraction of sp³-hybridized carbons (Fsp3) is 0.579. The molecule has 1 saturated heterocycles. The molecule has 1 aromatic carbocycles. The largest absolute Gasteiger partial charge is 0.352 e. The number of halogens is 2. The van der Waals surface area contributed by atoms with Crippen molar-refractivity contribution in [1.29, 1.82) is 0 Å². The number of piperidine rings is 1. The highest BCUT2D eigenvalue weighted by atomic mass is 19.2. The first-order valence-corrected chi connectivity index (χ1v) is 9.07. The molecule has 0 bridgehead atoms. The van der Waals surface area contributed by atoms with Crippen LogP contribution in [0, 0.1) is 23.5 Å². The molecule has 3 atom stereocenters. The Labute approximate surface area is 145 Å². The van der Waals surface area contributed by atoms with Crippen LogP contribution in [0.1, 0.15) is 43.6 Å². The van der Waals surface area contributed by atoms with E-state index < -0.39 is 11.6 Å². The molecule has 0 aromatic heterocycles. The fourth-order valence-corrected chi connectivity index (χ4v) is 3.79. The van der Waals surface area contributed by atoms with Crippen molar-refractivity contribution in [3.05, 3.63) is 35.4 Å². The molecule has 2 aliphatic carbocycles. The highest BCUT2D eigenvalue weighted by Gasteiger charge is 2.43. The summed E-state index contributed by atoms with van der Waals surface area (Å²) in [7, 11) is 0. The van der Waals surface area contributed by atoms with Crippen LogP contribution < -0.4 is 5.32 Å². The van der Waals surface area contributed by atoms with Gasteiger partial charge in [-0.25, -0.2) is 8.78 Å². The molecule has 25 heavy (non-hydrogen) atoms. The summed E-state index contributed by atoms with van der Waals surface area (Å²) >= 11 is 0. The molecule has 0 radical (unpaired) electrons. The van der Waals surface area contributed by atoms with Gasteiger partial charge in [0.25, 0.3) is 0 Å². The van der Waals surface area contributed by atoms with Crippen molar-refractivity contribution in [2.45, 2.75) is 44.1 Å². The third-order valence-corrected chi connectivity index (χ3v) is 5.53. The van der Waals surface area contributed by atoms with Crippen molar-refractivity contribution < 1.29 is 18.4 Å². The van der Waals surface area contributed by atoms with E-state index >= 15 is 0 Å². The van der Waals surface area contributed by atoms with Crippen LogP contribution in [0.25, 0.3) is 0 Å². The lowest BCUT2D eigenvalue weighted by molar-refractivity contribution is -0.136. The Bertz CT molecular complexity index is 705. The van der Waals surface area contributed by atoms with Gasteiger partial charge in [-0.2, -0.15) is 0 Å². The van der Waals surface area contributed by atoms with E-state index in [1.54, 1.807) is 6.07 Å². The third-order valence-electron chi connectivity index (χ3n) is 5.53. The second kappa shape index (κ2) is 6.39. The fourth-order valence-electron chi connectivity index (χ4n) is 3.79. The van der Waals surface area contributed by atoms with Gasteiger partial charge in [-0.15, -0.1) is 0 Å². The van der Waals surface area contributed by atoms with Crippen LogP contribution in [0.4, 0.5) is 8.78 Å². The van der Waals surface area contributed by atoms with Gasteiger partial charge in [0.05, 0.1) is 5.92 Å². The summed E-state index contributed by atoms with van der Waals surface area (Å²) in [6, 6.07) is 4.03. The maximum absolute atomic E-state index is 13.8. The van der Waals surface area contributed by atoms with Crippen LogP contribution in [0.15, 0.2) is 18.2 Å². The van der Waals surface area contributed by atoms with Crippen molar-refractivity contribution in [1.82, 2.24) is 10.2 Å². The molecule has 3 fully saturated rings. The van der Waals surface area contributed by atoms with Crippen LogP contribution in [0.2, 0.25) is 0 Å². The summed E-state index contributed by atoms with van der Waals surface area (Å²) in [5, 5.41) is 2.96. The zero-order valence-electron chi connectivity index (χ0n) is 14.0. The molecule has 1 N–H and O–H groups in total. The maximum atomic E-state index is 13.8. The first-order chi connectivity index (χ1) is 12.0. The van der Waals surface area contributed by atoms with Crippen LogP contribution in [-0.2, 0) is 9.59 Å². The smallest absolute Gasteiger partial charge is 0.225 e. The van der Waals surface area contributed by atoms with Crippen molar-refractivity contribution in [2.24, 2.45) is 11.8 Å². The monoisotopic (exact) mass is 348 g/mol. The summed E-state index contributed by atoms with van der Waals surface area (Å²) in [6.45, 7) is 1.21. The van der Waals surface area contributed by atoms with E-state index in [2.05, 4.69) is 5.32 Å². The first-order valence-electron chi connectivity index (χ1n) is 9.07. The minimum absolute atomic E-state index is 0.0717. The van der Waals surface area contributed by atoms with Crippen molar-refractivity contribution in [3.8, 4) is 0 Å².